The van der Waals surface area contributed by atoms with Gasteiger partial charge in [0.15, 0.2) is 0 Å². The van der Waals surface area contributed by atoms with E-state index in [1.807, 2.05) is 30.3 Å². The van der Waals surface area contributed by atoms with Gasteiger partial charge in [-0.1, -0.05) is 34.6 Å². The zero-order chi connectivity index (χ0) is 15.7. The molecule has 0 bridgehead atoms. The second kappa shape index (κ2) is 5.69. The van der Waals surface area contributed by atoms with E-state index < -0.39 is 0 Å². The molecule has 4 nitrogen and oxygen atoms in total. The average Bonchev–Trinajstić information content (AvgIpc) is 2.76. The van der Waals surface area contributed by atoms with Crippen molar-refractivity contribution in [3.05, 3.63) is 79.5 Å². The molecule has 3 aromatic rings. The number of benzene rings is 2. The van der Waals surface area contributed by atoms with Crippen LogP contribution in [0.15, 0.2) is 57.8 Å². The molecule has 0 atom stereocenters. The number of aromatic hydroxyl groups is 1. The Hall–Kier alpha value is -2.53. The fourth-order valence-corrected chi connectivity index (χ4v) is 2.46. The molecule has 2 aromatic carbocycles. The Morgan fingerprint density at radius 1 is 1.18 bits per heavy atom. The zero-order valence-corrected chi connectivity index (χ0v) is 13.2. The van der Waals surface area contributed by atoms with Crippen LogP contribution in [0.3, 0.4) is 0 Å². The SMILES string of the molecule is C=c1[nH]n(-c2ccc(Br)cc2)c(=O)c1=Cc1cccc(O)c1. The number of halogens is 1. The van der Waals surface area contributed by atoms with Gasteiger partial charge in [0, 0.05) is 4.47 Å². The zero-order valence-electron chi connectivity index (χ0n) is 11.6. The summed E-state index contributed by atoms with van der Waals surface area (Å²) in [4.78, 5) is 12.6. The van der Waals surface area contributed by atoms with Crippen LogP contribution in [0.5, 0.6) is 5.75 Å². The van der Waals surface area contributed by atoms with Crippen molar-refractivity contribution in [3.63, 3.8) is 0 Å². The van der Waals surface area contributed by atoms with Crippen LogP contribution in [0.25, 0.3) is 18.3 Å². The molecule has 0 fully saturated rings. The number of nitrogens with one attached hydrogen (secondary N) is 1. The summed E-state index contributed by atoms with van der Waals surface area (Å²) < 4.78 is 2.39. The number of phenolic OH excluding ortho intramolecular Hbond substituents is 1. The van der Waals surface area contributed by atoms with Crippen LogP contribution in [0, 0.1) is 0 Å². The molecule has 110 valence electrons. The molecule has 5 heteroatoms. The first-order valence-corrected chi connectivity index (χ1v) is 7.40. The monoisotopic (exact) mass is 356 g/mol. The van der Waals surface area contributed by atoms with Crippen LogP contribution >= 0.6 is 15.9 Å². The highest BCUT2D eigenvalue weighted by Crippen LogP contribution is 2.12. The smallest absolute Gasteiger partial charge is 0.279 e. The fourth-order valence-electron chi connectivity index (χ4n) is 2.20. The van der Waals surface area contributed by atoms with Crippen LogP contribution in [0.4, 0.5) is 0 Å². The number of aromatic amines is 1. The minimum Gasteiger partial charge on any atom is -0.508 e. The highest BCUT2D eigenvalue weighted by molar-refractivity contribution is 9.10. The molecule has 1 aromatic heterocycles. The summed E-state index contributed by atoms with van der Waals surface area (Å²) in [6.45, 7) is 3.88. The van der Waals surface area contributed by atoms with Crippen molar-refractivity contribution in [2.45, 2.75) is 0 Å². The van der Waals surface area contributed by atoms with E-state index in [0.717, 1.165) is 15.7 Å². The summed E-state index contributed by atoms with van der Waals surface area (Å²) in [5.41, 5.74) is 1.29. The molecule has 0 aliphatic rings. The molecule has 0 unspecified atom stereocenters. The van der Waals surface area contributed by atoms with Gasteiger partial charge in [0.1, 0.15) is 5.75 Å². The molecule has 1 heterocycles. The van der Waals surface area contributed by atoms with Crippen molar-refractivity contribution in [2.75, 3.05) is 0 Å². The van der Waals surface area contributed by atoms with E-state index in [1.54, 1.807) is 24.3 Å². The summed E-state index contributed by atoms with van der Waals surface area (Å²) in [6, 6.07) is 14.1. The van der Waals surface area contributed by atoms with Gasteiger partial charge in [-0.15, -0.1) is 0 Å². The van der Waals surface area contributed by atoms with Crippen molar-refractivity contribution >= 4 is 28.6 Å². The van der Waals surface area contributed by atoms with E-state index in [9.17, 15) is 9.90 Å². The highest BCUT2D eigenvalue weighted by atomic mass is 79.9. The average molecular weight is 357 g/mol. The minimum atomic E-state index is -0.185. The van der Waals surface area contributed by atoms with Gasteiger partial charge in [-0.3, -0.25) is 9.89 Å². The number of hydrogen-bond acceptors (Lipinski definition) is 2. The van der Waals surface area contributed by atoms with Crippen LogP contribution in [0.2, 0.25) is 0 Å². The Balaban J connectivity index is 2.17. The fraction of sp³-hybridized carbons (Fsp3) is 0. The van der Waals surface area contributed by atoms with Crippen LogP contribution < -0.4 is 16.1 Å². The van der Waals surface area contributed by atoms with E-state index in [-0.39, 0.29) is 11.3 Å². The van der Waals surface area contributed by atoms with Crippen molar-refractivity contribution in [1.82, 2.24) is 9.78 Å². The maximum atomic E-state index is 12.6. The number of H-pyrrole nitrogens is 1. The first kappa shape index (κ1) is 14.4. The number of hydrogen-bond donors (Lipinski definition) is 2. The summed E-state index contributed by atoms with van der Waals surface area (Å²) in [7, 11) is 0. The third-order valence-corrected chi connectivity index (χ3v) is 3.80. The predicted octanol–water partition coefficient (Wildman–Crippen LogP) is 1.87. The third-order valence-electron chi connectivity index (χ3n) is 3.27. The lowest BCUT2D eigenvalue weighted by Gasteiger charge is -2.00. The lowest BCUT2D eigenvalue weighted by atomic mass is 10.2. The topological polar surface area (TPSA) is 58.0 Å². The Bertz CT molecular complexity index is 985. The molecular formula is C17H13BrN2O2. The Morgan fingerprint density at radius 3 is 2.59 bits per heavy atom. The second-order valence-electron chi connectivity index (χ2n) is 4.86. The molecule has 2 N–H and O–H groups in total. The van der Waals surface area contributed by atoms with E-state index in [0.29, 0.717) is 10.6 Å². The molecule has 0 saturated heterocycles. The Morgan fingerprint density at radius 2 is 1.91 bits per heavy atom. The summed E-state index contributed by atoms with van der Waals surface area (Å²) in [5, 5.41) is 13.5. The third kappa shape index (κ3) is 2.76. The molecule has 0 aliphatic carbocycles. The van der Waals surface area contributed by atoms with Gasteiger partial charge in [0.25, 0.3) is 5.56 Å². The molecular weight excluding hydrogens is 344 g/mol. The molecule has 22 heavy (non-hydrogen) atoms. The van der Waals surface area contributed by atoms with E-state index in [2.05, 4.69) is 27.6 Å². The lowest BCUT2D eigenvalue weighted by Crippen LogP contribution is -2.33. The predicted molar refractivity (Wildman–Crippen MR) is 90.5 cm³/mol. The van der Waals surface area contributed by atoms with Gasteiger partial charge in [-0.2, -0.15) is 0 Å². The van der Waals surface area contributed by atoms with Gasteiger partial charge < -0.3 is 5.11 Å². The number of rotatable bonds is 2. The van der Waals surface area contributed by atoms with Gasteiger partial charge in [0.05, 0.1) is 16.3 Å². The van der Waals surface area contributed by atoms with E-state index >= 15 is 0 Å². The van der Waals surface area contributed by atoms with Crippen LogP contribution in [-0.4, -0.2) is 14.9 Å². The molecule has 0 radical (unpaired) electrons. The highest BCUT2D eigenvalue weighted by Gasteiger charge is 2.04. The molecule has 0 saturated carbocycles. The van der Waals surface area contributed by atoms with Crippen molar-refractivity contribution < 1.29 is 5.11 Å². The van der Waals surface area contributed by atoms with Crippen molar-refractivity contribution in [2.24, 2.45) is 0 Å². The van der Waals surface area contributed by atoms with Crippen LogP contribution in [0.1, 0.15) is 5.56 Å². The normalized spacial score (nSPS) is 11.8. The standard InChI is InChI=1S/C17H13BrN2O2/c1-11-16(10-12-3-2-4-15(21)9-12)17(22)20(19-11)14-7-5-13(18)6-8-14/h2-10,19,21H,1H2. The number of phenols is 1. The number of nitrogens with zero attached hydrogens (tertiary/aromatic N) is 1. The van der Waals surface area contributed by atoms with Crippen LogP contribution in [-0.2, 0) is 0 Å². The lowest BCUT2D eigenvalue weighted by molar-refractivity contribution is 0.475. The van der Waals surface area contributed by atoms with Gasteiger partial charge in [-0.05, 0) is 48.0 Å². The van der Waals surface area contributed by atoms with Gasteiger partial charge in [-0.25, -0.2) is 4.68 Å². The largest absolute Gasteiger partial charge is 0.508 e. The van der Waals surface area contributed by atoms with E-state index in [1.165, 1.54) is 4.68 Å². The molecule has 0 aliphatic heterocycles. The van der Waals surface area contributed by atoms with Gasteiger partial charge >= 0.3 is 0 Å². The Kier molecular flexibility index (Phi) is 3.73. The van der Waals surface area contributed by atoms with Crippen molar-refractivity contribution in [3.8, 4) is 11.4 Å². The molecule has 0 amide bonds. The minimum absolute atomic E-state index is 0.156. The first-order valence-electron chi connectivity index (χ1n) is 6.61. The quantitative estimate of drug-likeness (QED) is 0.736. The summed E-state index contributed by atoms with van der Waals surface area (Å²) in [6.07, 6.45) is 1.70. The first-order chi connectivity index (χ1) is 10.5. The van der Waals surface area contributed by atoms with E-state index in [4.69, 9.17) is 0 Å². The maximum Gasteiger partial charge on any atom is 0.279 e. The second-order valence-corrected chi connectivity index (χ2v) is 5.78. The molecule has 0 spiro atoms. The van der Waals surface area contributed by atoms with Gasteiger partial charge in [0.2, 0.25) is 0 Å². The van der Waals surface area contributed by atoms with Crippen molar-refractivity contribution in [1.29, 1.82) is 0 Å². The summed E-state index contributed by atoms with van der Waals surface area (Å²) in [5.74, 6) is 0.156. The maximum absolute atomic E-state index is 12.6. The molecule has 3 rings (SSSR count). The summed E-state index contributed by atoms with van der Waals surface area (Å²) >= 11 is 3.37. The number of aromatic nitrogens is 2. The Labute approximate surface area is 134 Å².